The Morgan fingerprint density at radius 2 is 0.548 bits per heavy atom. The van der Waals surface area contributed by atoms with Crippen LogP contribution in [-0.4, -0.2) is 19.9 Å². The van der Waals surface area contributed by atoms with Gasteiger partial charge >= 0.3 is 0 Å². The van der Waals surface area contributed by atoms with Crippen molar-refractivity contribution < 1.29 is 0 Å². The van der Waals surface area contributed by atoms with Crippen LogP contribution in [0.3, 0.4) is 0 Å². The van der Waals surface area contributed by atoms with Gasteiger partial charge in [-0.3, -0.25) is 0 Å². The monoisotopic (exact) mass is 414 g/mol. The molecule has 0 aromatic carbocycles. The Kier molecular flexibility index (Phi) is 6.52. The molecule has 0 saturated carbocycles. The second-order valence-electron chi connectivity index (χ2n) is 9.33. The standard InChI is InChI=1S/C27H34N4/c1-2-5-9-13-21-20(12-8-4-1)28-24-16-18-26-27(19-17-25(24)29-21)31-23-15-11-7-3-6-10-14-22(23)30-26/h16-19H,1-15H2/b18-16-,19-17?,24-16?,25-17?,26-18?,27-19?. The minimum atomic E-state index is 0.974. The molecule has 0 saturated heterocycles. The predicted molar refractivity (Wildman–Crippen MR) is 128 cm³/mol. The molecule has 0 spiro atoms. The molecule has 4 heteroatoms. The fourth-order valence-corrected chi connectivity index (χ4v) is 5.08. The summed E-state index contributed by atoms with van der Waals surface area (Å²) in [7, 11) is 0. The summed E-state index contributed by atoms with van der Waals surface area (Å²) in [6.07, 6.45) is 26.8. The molecule has 0 amide bonds. The minimum absolute atomic E-state index is 0.974. The molecule has 2 aromatic heterocycles. The quantitative estimate of drug-likeness (QED) is 0.426. The highest BCUT2D eigenvalue weighted by Crippen LogP contribution is 2.25. The first-order chi connectivity index (χ1) is 15.4. The molecule has 3 aliphatic carbocycles. The van der Waals surface area contributed by atoms with Crippen LogP contribution in [0, 0.1) is 0 Å². The van der Waals surface area contributed by atoms with Crippen LogP contribution >= 0.6 is 0 Å². The molecule has 3 aliphatic rings. The number of aryl methyl sites for hydroxylation is 4. The highest BCUT2D eigenvalue weighted by Gasteiger charge is 2.16. The lowest BCUT2D eigenvalue weighted by molar-refractivity contribution is 0.571. The second-order valence-corrected chi connectivity index (χ2v) is 9.33. The lowest BCUT2D eigenvalue weighted by Crippen LogP contribution is -2.09. The van der Waals surface area contributed by atoms with Crippen molar-refractivity contribution in [3.63, 3.8) is 0 Å². The van der Waals surface area contributed by atoms with Gasteiger partial charge in [-0.05, 0) is 75.7 Å². The molecule has 0 bridgehead atoms. The molecule has 5 rings (SSSR count). The second kappa shape index (κ2) is 9.84. The number of aromatic nitrogens is 4. The zero-order valence-corrected chi connectivity index (χ0v) is 18.7. The molecular weight excluding hydrogens is 380 g/mol. The van der Waals surface area contributed by atoms with Gasteiger partial charge in [-0.15, -0.1) is 0 Å². The summed E-state index contributed by atoms with van der Waals surface area (Å²) in [5.74, 6) is 0. The molecule has 2 heterocycles. The largest absolute Gasteiger partial charge is 0.249 e. The van der Waals surface area contributed by atoms with Crippen LogP contribution < -0.4 is 0 Å². The van der Waals surface area contributed by atoms with Gasteiger partial charge in [-0.2, -0.15) is 0 Å². The molecule has 0 fully saturated rings. The van der Waals surface area contributed by atoms with E-state index in [0.717, 1.165) is 48.5 Å². The van der Waals surface area contributed by atoms with Gasteiger partial charge in [0.15, 0.2) is 0 Å². The molecular formula is C27H34N4. The first kappa shape index (κ1) is 20.5. The first-order valence-electron chi connectivity index (χ1n) is 12.5. The van der Waals surface area contributed by atoms with E-state index in [4.69, 9.17) is 19.9 Å². The first-order valence-corrected chi connectivity index (χ1v) is 12.5. The summed E-state index contributed by atoms with van der Waals surface area (Å²) < 4.78 is 0. The molecule has 4 nitrogen and oxygen atoms in total. The highest BCUT2D eigenvalue weighted by molar-refractivity contribution is 5.81. The third-order valence-electron chi connectivity index (χ3n) is 6.92. The van der Waals surface area contributed by atoms with Crippen LogP contribution in [0.5, 0.6) is 0 Å². The Hall–Kier alpha value is -2.36. The van der Waals surface area contributed by atoms with Crippen LogP contribution in [0.4, 0.5) is 0 Å². The number of hydrogen-bond donors (Lipinski definition) is 0. The van der Waals surface area contributed by atoms with Crippen molar-refractivity contribution in [1.82, 2.24) is 19.9 Å². The average molecular weight is 415 g/mol. The van der Waals surface area contributed by atoms with Gasteiger partial charge in [0.1, 0.15) is 0 Å². The van der Waals surface area contributed by atoms with Crippen molar-refractivity contribution in [2.75, 3.05) is 0 Å². The van der Waals surface area contributed by atoms with E-state index in [9.17, 15) is 0 Å². The van der Waals surface area contributed by atoms with Crippen molar-refractivity contribution >= 4 is 24.3 Å². The normalized spacial score (nSPS) is 20.4. The number of hydrogen-bond acceptors (Lipinski definition) is 4. The molecule has 0 aliphatic heterocycles. The molecule has 0 unspecified atom stereocenters. The van der Waals surface area contributed by atoms with Gasteiger partial charge in [0.2, 0.25) is 0 Å². The minimum Gasteiger partial charge on any atom is -0.249 e. The lowest BCUT2D eigenvalue weighted by Gasteiger charge is -2.15. The van der Waals surface area contributed by atoms with Crippen LogP contribution in [0.2, 0.25) is 0 Å². The maximum Gasteiger partial charge on any atom is 0.0891 e. The Labute approximate surface area is 186 Å². The third kappa shape index (κ3) is 4.94. The smallest absolute Gasteiger partial charge is 0.0891 e. The highest BCUT2D eigenvalue weighted by atomic mass is 14.9. The van der Waals surface area contributed by atoms with Gasteiger partial charge < -0.3 is 0 Å². The van der Waals surface area contributed by atoms with Crippen molar-refractivity contribution in [2.45, 2.75) is 96.3 Å². The number of nitrogens with zero attached hydrogens (tertiary/aromatic N) is 4. The van der Waals surface area contributed by atoms with Crippen molar-refractivity contribution in [1.29, 1.82) is 0 Å². The fourth-order valence-electron chi connectivity index (χ4n) is 5.08. The van der Waals surface area contributed by atoms with Crippen LogP contribution in [0.1, 0.15) is 116 Å². The zero-order valence-electron chi connectivity index (χ0n) is 18.7. The molecule has 0 atom stereocenters. The Morgan fingerprint density at radius 3 is 0.806 bits per heavy atom. The van der Waals surface area contributed by atoms with Crippen LogP contribution in [0.25, 0.3) is 24.3 Å². The molecule has 0 N–H and O–H groups in total. The van der Waals surface area contributed by atoms with Gasteiger partial charge in [0.25, 0.3) is 0 Å². The topological polar surface area (TPSA) is 51.6 Å². The Bertz CT molecular complexity index is 911. The van der Waals surface area contributed by atoms with Gasteiger partial charge in [-0.1, -0.05) is 44.9 Å². The summed E-state index contributed by atoms with van der Waals surface area (Å²) in [6, 6.07) is 0. The van der Waals surface area contributed by atoms with Gasteiger partial charge in [0.05, 0.1) is 45.6 Å². The molecule has 2 aromatic rings. The molecule has 162 valence electrons. The maximum atomic E-state index is 5.08. The van der Waals surface area contributed by atoms with Crippen molar-refractivity contribution in [3.05, 3.63) is 45.6 Å². The number of fused-ring (bicyclic) bond motifs is 4. The molecule has 31 heavy (non-hydrogen) atoms. The van der Waals surface area contributed by atoms with E-state index >= 15 is 0 Å². The van der Waals surface area contributed by atoms with Gasteiger partial charge in [-0.25, -0.2) is 19.9 Å². The Morgan fingerprint density at radius 1 is 0.323 bits per heavy atom. The lowest BCUT2D eigenvalue weighted by atomic mass is 10.00. The summed E-state index contributed by atoms with van der Waals surface area (Å²) >= 11 is 0. The average Bonchev–Trinajstić information content (AvgIpc) is 2.89. The predicted octanol–water partition coefficient (Wildman–Crippen LogP) is 6.41. The zero-order chi connectivity index (χ0) is 20.9. The van der Waals surface area contributed by atoms with E-state index in [-0.39, 0.29) is 0 Å². The van der Waals surface area contributed by atoms with E-state index in [1.807, 2.05) is 0 Å². The van der Waals surface area contributed by atoms with E-state index in [1.54, 1.807) is 0 Å². The maximum absolute atomic E-state index is 5.08. The van der Waals surface area contributed by atoms with Crippen LogP contribution in [-0.2, 0) is 25.7 Å². The Balaban J connectivity index is 1.49. The number of rotatable bonds is 0. The van der Waals surface area contributed by atoms with E-state index < -0.39 is 0 Å². The van der Waals surface area contributed by atoms with E-state index in [2.05, 4.69) is 24.3 Å². The summed E-state index contributed by atoms with van der Waals surface area (Å²) in [5, 5.41) is 0. The molecule has 0 radical (unpaired) electrons. The van der Waals surface area contributed by atoms with E-state index in [0.29, 0.717) is 0 Å². The summed E-state index contributed by atoms with van der Waals surface area (Å²) in [4.78, 5) is 20.3. The van der Waals surface area contributed by atoms with Gasteiger partial charge in [0, 0.05) is 0 Å². The third-order valence-corrected chi connectivity index (χ3v) is 6.92. The van der Waals surface area contributed by atoms with Crippen molar-refractivity contribution in [3.8, 4) is 0 Å². The van der Waals surface area contributed by atoms with Crippen molar-refractivity contribution in [2.24, 2.45) is 0 Å². The summed E-state index contributed by atoms with van der Waals surface area (Å²) in [5.41, 5.74) is 8.72. The van der Waals surface area contributed by atoms with E-state index in [1.165, 1.54) is 93.4 Å². The van der Waals surface area contributed by atoms with Crippen LogP contribution in [0.15, 0.2) is 0 Å². The SMILES string of the molecule is C1=Cc2nc3c(nc2/C=C\c2nc4c(nc21)CCCCCCCC4)CCCCCCC3. The summed E-state index contributed by atoms with van der Waals surface area (Å²) in [6.45, 7) is 0. The fraction of sp³-hybridized carbons (Fsp3) is 0.556.